The number of benzene rings is 1. The monoisotopic (exact) mass is 256 g/mol. The normalized spacial score (nSPS) is 10.8. The Kier molecular flexibility index (Phi) is 4.63. The van der Waals surface area contributed by atoms with E-state index in [9.17, 15) is 12.8 Å². The SMILES string of the molecule is CCNS(=O)(=O)c1ccc(C#CCN)cc1F. The third-order valence-electron chi connectivity index (χ3n) is 1.89. The van der Waals surface area contributed by atoms with Crippen LogP contribution in [0.3, 0.4) is 0 Å². The van der Waals surface area contributed by atoms with E-state index in [0.29, 0.717) is 5.56 Å². The fraction of sp³-hybridized carbons (Fsp3) is 0.273. The van der Waals surface area contributed by atoms with Gasteiger partial charge in [0.1, 0.15) is 10.7 Å². The molecule has 0 fully saturated rings. The first-order chi connectivity index (χ1) is 8.01. The highest BCUT2D eigenvalue weighted by Crippen LogP contribution is 2.15. The zero-order valence-electron chi connectivity index (χ0n) is 9.33. The van der Waals surface area contributed by atoms with Crippen LogP contribution in [0, 0.1) is 17.7 Å². The van der Waals surface area contributed by atoms with E-state index >= 15 is 0 Å². The van der Waals surface area contributed by atoms with Crippen LogP contribution in [0.2, 0.25) is 0 Å². The van der Waals surface area contributed by atoms with Gasteiger partial charge >= 0.3 is 0 Å². The third kappa shape index (κ3) is 3.53. The summed E-state index contributed by atoms with van der Waals surface area (Å²) < 4.78 is 38.9. The molecule has 0 aliphatic heterocycles. The van der Waals surface area contributed by atoms with Gasteiger partial charge in [0.05, 0.1) is 6.54 Å². The molecular weight excluding hydrogens is 243 g/mol. The van der Waals surface area contributed by atoms with E-state index in [1.165, 1.54) is 12.1 Å². The maximum absolute atomic E-state index is 13.6. The van der Waals surface area contributed by atoms with Crippen molar-refractivity contribution in [2.75, 3.05) is 13.1 Å². The zero-order chi connectivity index (χ0) is 12.9. The lowest BCUT2D eigenvalue weighted by Gasteiger charge is -2.05. The first kappa shape index (κ1) is 13.6. The highest BCUT2D eigenvalue weighted by molar-refractivity contribution is 7.89. The molecule has 0 atom stereocenters. The second kappa shape index (κ2) is 5.77. The first-order valence-corrected chi connectivity index (χ1v) is 6.47. The molecule has 0 spiro atoms. The van der Waals surface area contributed by atoms with E-state index in [-0.39, 0.29) is 18.0 Å². The average molecular weight is 256 g/mol. The van der Waals surface area contributed by atoms with Crippen LogP contribution in [0.15, 0.2) is 23.1 Å². The van der Waals surface area contributed by atoms with Gasteiger partial charge in [-0.1, -0.05) is 18.8 Å². The van der Waals surface area contributed by atoms with Crippen molar-refractivity contribution >= 4 is 10.0 Å². The average Bonchev–Trinajstić information content (AvgIpc) is 2.26. The number of rotatable bonds is 3. The molecule has 0 unspecified atom stereocenters. The minimum Gasteiger partial charge on any atom is -0.320 e. The van der Waals surface area contributed by atoms with Crippen LogP contribution in [-0.2, 0) is 10.0 Å². The molecule has 0 heterocycles. The molecule has 1 aromatic rings. The molecule has 0 amide bonds. The third-order valence-corrected chi connectivity index (χ3v) is 3.47. The molecule has 0 bridgehead atoms. The lowest BCUT2D eigenvalue weighted by molar-refractivity contribution is 0.558. The maximum atomic E-state index is 13.6. The van der Waals surface area contributed by atoms with Gasteiger partial charge in [-0.2, -0.15) is 0 Å². The Labute approximate surface area is 100 Å². The Morgan fingerprint density at radius 3 is 2.71 bits per heavy atom. The summed E-state index contributed by atoms with van der Waals surface area (Å²) in [6.45, 7) is 1.99. The Morgan fingerprint density at radius 2 is 2.18 bits per heavy atom. The summed E-state index contributed by atoms with van der Waals surface area (Å²) in [5.41, 5.74) is 5.57. The molecule has 0 aliphatic rings. The predicted molar refractivity (Wildman–Crippen MR) is 63.2 cm³/mol. The minimum atomic E-state index is -3.78. The first-order valence-electron chi connectivity index (χ1n) is 4.99. The van der Waals surface area contributed by atoms with E-state index in [0.717, 1.165) is 6.07 Å². The van der Waals surface area contributed by atoms with E-state index in [1.807, 2.05) is 0 Å². The van der Waals surface area contributed by atoms with Crippen LogP contribution >= 0.6 is 0 Å². The van der Waals surface area contributed by atoms with Gasteiger partial charge in [-0.3, -0.25) is 0 Å². The summed E-state index contributed by atoms with van der Waals surface area (Å²) in [5, 5.41) is 0. The molecule has 0 aromatic heterocycles. The number of hydrogen-bond acceptors (Lipinski definition) is 3. The number of hydrogen-bond donors (Lipinski definition) is 2. The molecule has 0 saturated carbocycles. The number of halogens is 1. The van der Waals surface area contributed by atoms with Gasteiger partial charge in [0.15, 0.2) is 0 Å². The lowest BCUT2D eigenvalue weighted by Crippen LogP contribution is -2.24. The van der Waals surface area contributed by atoms with Gasteiger partial charge < -0.3 is 5.73 Å². The van der Waals surface area contributed by atoms with E-state index in [2.05, 4.69) is 16.6 Å². The van der Waals surface area contributed by atoms with Crippen molar-refractivity contribution in [2.45, 2.75) is 11.8 Å². The Morgan fingerprint density at radius 1 is 1.47 bits per heavy atom. The molecule has 1 aromatic carbocycles. The van der Waals surface area contributed by atoms with Crippen LogP contribution in [0.25, 0.3) is 0 Å². The van der Waals surface area contributed by atoms with Gasteiger partial charge in [0.2, 0.25) is 10.0 Å². The molecule has 0 saturated heterocycles. The highest BCUT2D eigenvalue weighted by atomic mass is 32.2. The minimum absolute atomic E-state index is 0.166. The molecule has 3 N–H and O–H groups in total. The van der Waals surface area contributed by atoms with Crippen molar-refractivity contribution in [2.24, 2.45) is 5.73 Å². The summed E-state index contributed by atoms with van der Waals surface area (Å²) in [4.78, 5) is -0.377. The fourth-order valence-corrected chi connectivity index (χ4v) is 2.32. The van der Waals surface area contributed by atoms with Crippen molar-refractivity contribution in [1.29, 1.82) is 0 Å². The summed E-state index contributed by atoms with van der Waals surface area (Å²) in [7, 11) is -3.78. The van der Waals surface area contributed by atoms with Crippen LogP contribution in [0.5, 0.6) is 0 Å². The molecule has 1 rings (SSSR count). The lowest BCUT2D eigenvalue weighted by atomic mass is 10.2. The van der Waals surface area contributed by atoms with Crippen molar-refractivity contribution < 1.29 is 12.8 Å². The topological polar surface area (TPSA) is 72.2 Å². The number of sulfonamides is 1. The molecular formula is C11H13FN2O2S. The molecule has 6 heteroatoms. The van der Waals surface area contributed by atoms with Crippen molar-refractivity contribution in [3.05, 3.63) is 29.6 Å². The van der Waals surface area contributed by atoms with E-state index in [1.54, 1.807) is 6.92 Å². The zero-order valence-corrected chi connectivity index (χ0v) is 10.1. The number of nitrogens with one attached hydrogen (secondary N) is 1. The summed E-state index contributed by atoms with van der Waals surface area (Å²) in [6.07, 6.45) is 0. The van der Waals surface area contributed by atoms with Crippen molar-refractivity contribution in [3.8, 4) is 11.8 Å². The molecule has 17 heavy (non-hydrogen) atoms. The van der Waals surface area contributed by atoms with E-state index < -0.39 is 15.8 Å². The Balaban J connectivity index is 3.14. The van der Waals surface area contributed by atoms with Crippen molar-refractivity contribution in [3.63, 3.8) is 0 Å². The quantitative estimate of drug-likeness (QED) is 0.771. The summed E-state index contributed by atoms with van der Waals surface area (Å²) >= 11 is 0. The maximum Gasteiger partial charge on any atom is 0.243 e. The smallest absolute Gasteiger partial charge is 0.243 e. The highest BCUT2D eigenvalue weighted by Gasteiger charge is 2.17. The van der Waals surface area contributed by atoms with Gasteiger partial charge in [-0.05, 0) is 18.2 Å². The molecule has 92 valence electrons. The Hall–Kier alpha value is -1.42. The van der Waals surface area contributed by atoms with Crippen LogP contribution in [0.4, 0.5) is 4.39 Å². The van der Waals surface area contributed by atoms with Crippen molar-refractivity contribution in [1.82, 2.24) is 4.72 Å². The van der Waals surface area contributed by atoms with Crippen LogP contribution in [-0.4, -0.2) is 21.5 Å². The molecule has 4 nitrogen and oxygen atoms in total. The van der Waals surface area contributed by atoms with Crippen LogP contribution in [0.1, 0.15) is 12.5 Å². The molecule has 0 radical (unpaired) electrons. The Bertz CT molecular complexity index is 559. The number of nitrogens with two attached hydrogens (primary N) is 1. The standard InChI is InChI=1S/C11H13FN2O2S/c1-2-14-17(15,16)11-6-5-9(4-3-7-13)8-10(11)12/h5-6,8,14H,2,7,13H2,1H3. The molecule has 0 aliphatic carbocycles. The van der Waals surface area contributed by atoms with Crippen LogP contribution < -0.4 is 10.5 Å². The summed E-state index contributed by atoms with van der Waals surface area (Å²) in [5.74, 6) is 4.36. The predicted octanol–water partition coefficient (Wildman–Crippen LogP) is 0.434. The van der Waals surface area contributed by atoms with Gasteiger partial charge in [0.25, 0.3) is 0 Å². The summed E-state index contributed by atoms with van der Waals surface area (Å²) in [6, 6.07) is 3.71. The second-order valence-corrected chi connectivity index (χ2v) is 4.89. The van der Waals surface area contributed by atoms with E-state index in [4.69, 9.17) is 5.73 Å². The largest absolute Gasteiger partial charge is 0.320 e. The van der Waals surface area contributed by atoms with Gasteiger partial charge in [0, 0.05) is 12.1 Å². The second-order valence-electron chi connectivity index (χ2n) is 3.15. The fourth-order valence-electron chi connectivity index (χ4n) is 1.22. The van der Waals surface area contributed by atoms with Gasteiger partial charge in [-0.25, -0.2) is 17.5 Å². The van der Waals surface area contributed by atoms with Gasteiger partial charge in [-0.15, -0.1) is 0 Å².